The maximum absolute atomic E-state index is 6.14. The predicted molar refractivity (Wildman–Crippen MR) is 63.7 cm³/mol. The van der Waals surface area contributed by atoms with Crippen molar-refractivity contribution in [3.63, 3.8) is 0 Å². The first kappa shape index (κ1) is 11.8. The van der Waals surface area contributed by atoms with Gasteiger partial charge in [0, 0.05) is 11.3 Å². The van der Waals surface area contributed by atoms with Gasteiger partial charge in [-0.15, -0.1) is 0 Å². The Morgan fingerprint density at radius 3 is 2.62 bits per heavy atom. The van der Waals surface area contributed by atoms with Crippen LogP contribution < -0.4 is 0 Å². The molecule has 1 fully saturated rings. The summed E-state index contributed by atoms with van der Waals surface area (Å²) in [5, 5.41) is 0.577. The fourth-order valence-electron chi connectivity index (χ4n) is 2.12. The van der Waals surface area contributed by atoms with Crippen molar-refractivity contribution in [1.29, 1.82) is 0 Å². The maximum atomic E-state index is 6.14. The molecular weight excluding hydrogens is 224 g/mol. The molecule has 2 heterocycles. The van der Waals surface area contributed by atoms with E-state index in [0.717, 1.165) is 36.3 Å². The molecule has 2 atom stereocenters. The molecule has 88 valence electrons. The Labute approximate surface area is 101 Å². The Kier molecular flexibility index (Phi) is 3.45. The van der Waals surface area contributed by atoms with Crippen LogP contribution in [0.4, 0.5) is 0 Å². The van der Waals surface area contributed by atoms with E-state index >= 15 is 0 Å². The highest BCUT2D eigenvalue weighted by atomic mass is 35.5. The van der Waals surface area contributed by atoms with Crippen molar-refractivity contribution in [2.24, 2.45) is 0 Å². The molecule has 0 bridgehead atoms. The zero-order valence-electron chi connectivity index (χ0n) is 9.96. The molecule has 1 aliphatic rings. The summed E-state index contributed by atoms with van der Waals surface area (Å²) in [7, 11) is 0. The lowest BCUT2D eigenvalue weighted by Crippen LogP contribution is -2.08. The van der Waals surface area contributed by atoms with Crippen LogP contribution in [0.25, 0.3) is 0 Å². The molecule has 0 spiro atoms. The van der Waals surface area contributed by atoms with Gasteiger partial charge in [0.25, 0.3) is 0 Å². The van der Waals surface area contributed by atoms with Crippen LogP contribution in [0.5, 0.6) is 0 Å². The van der Waals surface area contributed by atoms with Crippen LogP contribution in [-0.2, 0) is 11.2 Å². The Morgan fingerprint density at radius 1 is 1.38 bits per heavy atom. The molecular formula is C12H17ClN2O. The van der Waals surface area contributed by atoms with Gasteiger partial charge in [0.15, 0.2) is 5.82 Å². The van der Waals surface area contributed by atoms with Gasteiger partial charge in [0.05, 0.1) is 6.10 Å². The normalized spacial score (nSPS) is 25.0. The summed E-state index contributed by atoms with van der Waals surface area (Å²) in [5.41, 5.74) is 2.01. The van der Waals surface area contributed by atoms with Gasteiger partial charge in [-0.2, -0.15) is 0 Å². The second kappa shape index (κ2) is 4.68. The number of aromatic nitrogens is 2. The van der Waals surface area contributed by atoms with E-state index in [1.54, 1.807) is 0 Å². The second-order valence-corrected chi connectivity index (χ2v) is 4.66. The van der Waals surface area contributed by atoms with Gasteiger partial charge in [-0.25, -0.2) is 9.97 Å². The Balaban J connectivity index is 2.29. The molecule has 2 unspecified atom stereocenters. The Hall–Kier alpha value is -0.670. The van der Waals surface area contributed by atoms with Gasteiger partial charge >= 0.3 is 0 Å². The molecule has 0 aromatic carbocycles. The van der Waals surface area contributed by atoms with Gasteiger partial charge in [0.1, 0.15) is 11.3 Å². The third-order valence-electron chi connectivity index (χ3n) is 3.05. The number of ether oxygens (including phenoxy) is 1. The lowest BCUT2D eigenvalue weighted by Gasteiger charge is -2.12. The van der Waals surface area contributed by atoms with Crippen LogP contribution in [-0.4, -0.2) is 16.1 Å². The number of rotatable bonds is 2. The fourth-order valence-corrected chi connectivity index (χ4v) is 2.48. The monoisotopic (exact) mass is 240 g/mol. The number of hydrogen-bond acceptors (Lipinski definition) is 3. The van der Waals surface area contributed by atoms with E-state index in [0.29, 0.717) is 11.3 Å². The topological polar surface area (TPSA) is 35.0 Å². The largest absolute Gasteiger partial charge is 0.367 e. The van der Waals surface area contributed by atoms with Gasteiger partial charge in [-0.05, 0) is 33.1 Å². The van der Waals surface area contributed by atoms with Crippen LogP contribution in [0, 0.1) is 6.92 Å². The van der Waals surface area contributed by atoms with E-state index in [1.807, 2.05) is 6.92 Å². The highest BCUT2D eigenvalue weighted by Gasteiger charge is 2.26. The SMILES string of the molecule is CCc1c(C)nc(C2CCC(C)O2)nc1Cl. The number of aryl methyl sites for hydroxylation is 1. The maximum Gasteiger partial charge on any atom is 0.159 e. The Morgan fingerprint density at radius 2 is 2.12 bits per heavy atom. The zero-order chi connectivity index (χ0) is 11.7. The summed E-state index contributed by atoms with van der Waals surface area (Å²) >= 11 is 6.14. The summed E-state index contributed by atoms with van der Waals surface area (Å²) in [6.07, 6.45) is 3.26. The highest BCUT2D eigenvalue weighted by molar-refractivity contribution is 6.30. The second-order valence-electron chi connectivity index (χ2n) is 4.30. The third-order valence-corrected chi connectivity index (χ3v) is 3.37. The van der Waals surface area contributed by atoms with Crippen LogP contribution in [0.15, 0.2) is 0 Å². The average molecular weight is 241 g/mol. The summed E-state index contributed by atoms with van der Waals surface area (Å²) in [6, 6.07) is 0. The average Bonchev–Trinajstić information content (AvgIpc) is 2.64. The van der Waals surface area contributed by atoms with Gasteiger partial charge in [-0.1, -0.05) is 18.5 Å². The van der Waals surface area contributed by atoms with Crippen LogP contribution >= 0.6 is 11.6 Å². The molecule has 1 aromatic heterocycles. The van der Waals surface area contributed by atoms with Gasteiger partial charge in [0.2, 0.25) is 0 Å². The lowest BCUT2D eigenvalue weighted by atomic mass is 10.1. The van der Waals surface area contributed by atoms with Crippen molar-refractivity contribution in [3.05, 3.63) is 22.2 Å². The van der Waals surface area contributed by atoms with Crippen molar-refractivity contribution in [2.75, 3.05) is 0 Å². The summed E-state index contributed by atoms with van der Waals surface area (Å²) < 4.78 is 5.75. The van der Waals surface area contributed by atoms with Gasteiger partial charge in [-0.3, -0.25) is 0 Å². The molecule has 1 saturated heterocycles. The van der Waals surface area contributed by atoms with Crippen molar-refractivity contribution >= 4 is 11.6 Å². The van der Waals surface area contributed by atoms with Crippen LogP contribution in [0.2, 0.25) is 5.15 Å². The van der Waals surface area contributed by atoms with E-state index in [2.05, 4.69) is 23.8 Å². The molecule has 1 aromatic rings. The number of halogens is 1. The third kappa shape index (κ3) is 2.20. The van der Waals surface area contributed by atoms with Crippen molar-refractivity contribution in [1.82, 2.24) is 9.97 Å². The molecule has 4 heteroatoms. The van der Waals surface area contributed by atoms with Crippen molar-refractivity contribution in [2.45, 2.75) is 52.2 Å². The van der Waals surface area contributed by atoms with Crippen LogP contribution in [0.1, 0.15) is 49.9 Å². The van der Waals surface area contributed by atoms with Crippen molar-refractivity contribution in [3.8, 4) is 0 Å². The first-order chi connectivity index (χ1) is 7.61. The van der Waals surface area contributed by atoms with Crippen LogP contribution in [0.3, 0.4) is 0 Å². The molecule has 0 amide bonds. The summed E-state index contributed by atoms with van der Waals surface area (Å²) in [4.78, 5) is 8.85. The van der Waals surface area contributed by atoms with E-state index in [4.69, 9.17) is 16.3 Å². The molecule has 3 nitrogen and oxygen atoms in total. The van der Waals surface area contributed by atoms with Crippen molar-refractivity contribution < 1.29 is 4.74 Å². The lowest BCUT2D eigenvalue weighted by molar-refractivity contribution is 0.0501. The minimum absolute atomic E-state index is 0.0251. The summed E-state index contributed by atoms with van der Waals surface area (Å²) in [6.45, 7) is 6.12. The molecule has 16 heavy (non-hydrogen) atoms. The van der Waals surface area contributed by atoms with E-state index < -0.39 is 0 Å². The number of hydrogen-bond donors (Lipinski definition) is 0. The quantitative estimate of drug-likeness (QED) is 0.745. The zero-order valence-corrected chi connectivity index (χ0v) is 10.7. The predicted octanol–water partition coefficient (Wildman–Crippen LogP) is 3.24. The molecule has 1 aliphatic heterocycles. The molecule has 0 radical (unpaired) electrons. The molecule has 0 N–H and O–H groups in total. The van der Waals surface area contributed by atoms with E-state index in [-0.39, 0.29) is 6.10 Å². The first-order valence-corrected chi connectivity index (χ1v) is 6.18. The molecule has 2 rings (SSSR count). The summed E-state index contributed by atoms with van der Waals surface area (Å²) in [5.74, 6) is 0.740. The van der Waals surface area contributed by atoms with E-state index in [1.165, 1.54) is 0 Å². The number of nitrogens with zero attached hydrogens (tertiary/aromatic N) is 2. The first-order valence-electron chi connectivity index (χ1n) is 5.80. The Bertz CT molecular complexity index is 372. The van der Waals surface area contributed by atoms with Gasteiger partial charge < -0.3 is 4.74 Å². The minimum Gasteiger partial charge on any atom is -0.367 e. The molecule has 0 saturated carbocycles. The van der Waals surface area contributed by atoms with E-state index in [9.17, 15) is 0 Å². The molecule has 0 aliphatic carbocycles. The fraction of sp³-hybridized carbons (Fsp3) is 0.667. The smallest absolute Gasteiger partial charge is 0.159 e. The minimum atomic E-state index is 0.0251. The standard InChI is InChI=1S/C12H17ClN2O/c1-4-9-8(3)14-12(15-11(9)13)10-6-5-7(2)16-10/h7,10H,4-6H2,1-3H3. The highest BCUT2D eigenvalue weighted by Crippen LogP contribution is 2.31.